The summed E-state index contributed by atoms with van der Waals surface area (Å²) in [4.78, 5) is 9.27. The molecule has 0 saturated heterocycles. The molecule has 0 unspecified atom stereocenters. The number of pyridine rings is 2. The van der Waals surface area contributed by atoms with Gasteiger partial charge >= 0.3 is 15.2 Å². The maximum absolute atomic E-state index is 12.4. The van der Waals surface area contributed by atoms with Crippen molar-refractivity contribution in [2.24, 2.45) is 0 Å². The maximum atomic E-state index is 12.4. The van der Waals surface area contributed by atoms with Crippen LogP contribution >= 0.6 is 15.2 Å². The maximum Gasteiger partial charge on any atom is 0.336 e. The molecule has 0 radical (unpaired) electrons. The van der Waals surface area contributed by atoms with Crippen molar-refractivity contribution in [2.45, 2.75) is 12.3 Å². The Morgan fingerprint density at radius 2 is 0.964 bits per heavy atom. The van der Waals surface area contributed by atoms with Crippen molar-refractivity contribution in [2.75, 3.05) is 28.4 Å². The van der Waals surface area contributed by atoms with Crippen molar-refractivity contribution >= 4 is 37.0 Å². The van der Waals surface area contributed by atoms with Crippen LogP contribution in [0.3, 0.4) is 0 Å². The summed E-state index contributed by atoms with van der Waals surface area (Å²) >= 11 is 0. The third kappa shape index (κ3) is 4.33. The fourth-order valence-electron chi connectivity index (χ4n) is 2.83. The fourth-order valence-corrected chi connectivity index (χ4v) is 4.79. The van der Waals surface area contributed by atoms with E-state index in [2.05, 4.69) is 9.97 Å². The number of hydrogen-bond acceptors (Lipinski definition) is 8. The van der Waals surface area contributed by atoms with Crippen LogP contribution in [-0.2, 0) is 39.5 Å². The second-order valence-electron chi connectivity index (χ2n) is 6.08. The summed E-state index contributed by atoms with van der Waals surface area (Å²) in [5, 5.41) is 1.76. The highest BCUT2D eigenvalue weighted by Crippen LogP contribution is 2.50. The van der Waals surface area contributed by atoms with Gasteiger partial charge in [-0.1, -0.05) is 24.3 Å². The number of benzene rings is 1. The monoisotopic (exact) mass is 424 g/mol. The van der Waals surface area contributed by atoms with E-state index in [0.29, 0.717) is 22.4 Å². The van der Waals surface area contributed by atoms with E-state index in [1.165, 1.54) is 28.4 Å². The van der Waals surface area contributed by atoms with Crippen molar-refractivity contribution in [3.63, 3.8) is 0 Å². The summed E-state index contributed by atoms with van der Waals surface area (Å²) in [6.07, 6.45) is 0.100. The van der Waals surface area contributed by atoms with Crippen LogP contribution in [0, 0.1) is 0 Å². The van der Waals surface area contributed by atoms with Gasteiger partial charge in [-0.2, -0.15) is 0 Å². The van der Waals surface area contributed by atoms with Gasteiger partial charge in [0.05, 0.1) is 34.7 Å². The summed E-state index contributed by atoms with van der Waals surface area (Å²) in [5.74, 6) is 0. The van der Waals surface area contributed by atoms with Crippen LogP contribution in [0.2, 0.25) is 0 Å². The Morgan fingerprint density at radius 3 is 1.29 bits per heavy atom. The first kappa shape index (κ1) is 21.1. The zero-order valence-electron chi connectivity index (χ0n) is 16.1. The molecule has 28 heavy (non-hydrogen) atoms. The lowest BCUT2D eigenvalue weighted by atomic mass is 10.1. The molecule has 0 amide bonds. The molecule has 0 N–H and O–H groups in total. The van der Waals surface area contributed by atoms with Crippen molar-refractivity contribution in [3.8, 4) is 0 Å². The third-order valence-electron chi connectivity index (χ3n) is 4.46. The minimum Gasteiger partial charge on any atom is -0.312 e. The van der Waals surface area contributed by atoms with Gasteiger partial charge in [0.1, 0.15) is 0 Å². The van der Waals surface area contributed by atoms with Gasteiger partial charge in [-0.15, -0.1) is 0 Å². The molecule has 0 saturated carbocycles. The van der Waals surface area contributed by atoms with E-state index in [-0.39, 0.29) is 12.3 Å². The van der Waals surface area contributed by atoms with Crippen LogP contribution in [-0.4, -0.2) is 38.4 Å². The summed E-state index contributed by atoms with van der Waals surface area (Å²) < 4.78 is 44.9. The Labute approximate surface area is 163 Å². The average Bonchev–Trinajstić information content (AvgIpc) is 2.73. The minimum atomic E-state index is -3.24. The SMILES string of the molecule is COP(=O)(Cc1ccc2ccc3ccc(CP(=O)(OC)OC)nc3c2n1)OC. The molecule has 3 rings (SSSR count). The van der Waals surface area contributed by atoms with E-state index in [9.17, 15) is 9.13 Å². The molecule has 2 aromatic heterocycles. The summed E-state index contributed by atoms with van der Waals surface area (Å²) in [6.45, 7) is 0. The lowest BCUT2D eigenvalue weighted by Crippen LogP contribution is -1.99. The van der Waals surface area contributed by atoms with Crippen molar-refractivity contribution < 1.29 is 27.2 Å². The standard InChI is InChI=1S/C18H22N2O6P2/c1-23-27(21,24-2)11-15-9-7-13-5-6-14-8-10-16(12-28(22,25-3)26-4)20-18(14)17(13)19-15/h5-10H,11-12H2,1-4H3. The molecule has 0 aliphatic heterocycles. The number of aromatic nitrogens is 2. The number of hydrogen-bond donors (Lipinski definition) is 0. The molecule has 0 spiro atoms. The number of rotatable bonds is 8. The summed E-state index contributed by atoms with van der Waals surface area (Å²) in [7, 11) is -1.10. The first-order valence-corrected chi connectivity index (χ1v) is 11.9. The van der Waals surface area contributed by atoms with Gasteiger partial charge in [-0.3, -0.25) is 9.13 Å². The summed E-state index contributed by atoms with van der Waals surface area (Å²) in [6, 6.07) is 11.2. The molecule has 2 heterocycles. The van der Waals surface area contributed by atoms with Gasteiger partial charge < -0.3 is 18.1 Å². The first-order valence-electron chi connectivity index (χ1n) is 8.44. The molecule has 150 valence electrons. The van der Waals surface area contributed by atoms with E-state index < -0.39 is 15.2 Å². The van der Waals surface area contributed by atoms with Crippen molar-refractivity contribution in [1.29, 1.82) is 0 Å². The molecule has 1 aromatic carbocycles. The average molecular weight is 424 g/mol. The van der Waals surface area contributed by atoms with Crippen LogP contribution in [0.1, 0.15) is 11.4 Å². The number of nitrogens with zero attached hydrogens (tertiary/aromatic N) is 2. The van der Waals surface area contributed by atoms with Gasteiger partial charge in [-0.25, -0.2) is 9.97 Å². The van der Waals surface area contributed by atoms with Crippen molar-refractivity contribution in [3.05, 3.63) is 47.8 Å². The highest BCUT2D eigenvalue weighted by molar-refractivity contribution is 7.53. The molecule has 0 aliphatic carbocycles. The Bertz CT molecular complexity index is 1000. The van der Waals surface area contributed by atoms with Gasteiger partial charge in [0.15, 0.2) is 0 Å². The second-order valence-corrected chi connectivity index (χ2v) is 10.6. The molecule has 0 aliphatic rings. The zero-order valence-corrected chi connectivity index (χ0v) is 17.9. The van der Waals surface area contributed by atoms with Gasteiger partial charge in [-0.05, 0) is 12.1 Å². The lowest BCUT2D eigenvalue weighted by molar-refractivity contribution is 0.273. The predicted octanol–water partition coefficient (Wildman–Crippen LogP) is 4.75. The molecule has 8 nitrogen and oxygen atoms in total. The topological polar surface area (TPSA) is 96.8 Å². The van der Waals surface area contributed by atoms with E-state index in [4.69, 9.17) is 18.1 Å². The van der Waals surface area contributed by atoms with Gasteiger partial charge in [0.25, 0.3) is 0 Å². The van der Waals surface area contributed by atoms with Crippen molar-refractivity contribution in [1.82, 2.24) is 9.97 Å². The number of fused-ring (bicyclic) bond motifs is 3. The third-order valence-corrected chi connectivity index (χ3v) is 8.11. The van der Waals surface area contributed by atoms with Gasteiger partial charge in [0, 0.05) is 39.2 Å². The highest BCUT2D eigenvalue weighted by atomic mass is 31.2. The first-order chi connectivity index (χ1) is 13.3. The van der Waals surface area contributed by atoms with E-state index in [1.54, 1.807) is 12.1 Å². The minimum absolute atomic E-state index is 0.0502. The van der Waals surface area contributed by atoms with Gasteiger partial charge in [0.2, 0.25) is 0 Å². The Balaban J connectivity index is 2.10. The fraction of sp³-hybridized carbons (Fsp3) is 0.333. The Hall–Kier alpha value is -1.66. The van der Waals surface area contributed by atoms with Crippen LogP contribution in [0.5, 0.6) is 0 Å². The van der Waals surface area contributed by atoms with E-state index in [0.717, 1.165) is 10.8 Å². The van der Waals surface area contributed by atoms with Crippen LogP contribution in [0.25, 0.3) is 21.8 Å². The van der Waals surface area contributed by atoms with E-state index in [1.807, 2.05) is 24.3 Å². The molecular formula is C18H22N2O6P2. The largest absolute Gasteiger partial charge is 0.336 e. The van der Waals surface area contributed by atoms with Crippen LogP contribution in [0.15, 0.2) is 36.4 Å². The predicted molar refractivity (Wildman–Crippen MR) is 108 cm³/mol. The zero-order chi connectivity index (χ0) is 20.4. The quantitative estimate of drug-likeness (QED) is 0.377. The smallest absolute Gasteiger partial charge is 0.312 e. The lowest BCUT2D eigenvalue weighted by Gasteiger charge is -2.14. The molecule has 0 bridgehead atoms. The normalized spacial score (nSPS) is 12.7. The molecular weight excluding hydrogens is 402 g/mol. The Morgan fingerprint density at radius 1 is 0.643 bits per heavy atom. The van der Waals surface area contributed by atoms with E-state index >= 15 is 0 Å². The molecule has 0 fully saturated rings. The molecule has 10 heteroatoms. The van der Waals surface area contributed by atoms with Crippen LogP contribution < -0.4 is 0 Å². The highest BCUT2D eigenvalue weighted by Gasteiger charge is 2.24. The Kier molecular flexibility index (Phi) is 6.30. The molecule has 0 atom stereocenters. The summed E-state index contributed by atoms with van der Waals surface area (Å²) in [5.41, 5.74) is 2.44. The second kappa shape index (κ2) is 8.37. The van der Waals surface area contributed by atoms with Crippen LogP contribution in [0.4, 0.5) is 0 Å². The molecule has 3 aromatic rings.